The Morgan fingerprint density at radius 2 is 2.04 bits per heavy atom. The molecule has 0 spiro atoms. The van der Waals surface area contributed by atoms with Gasteiger partial charge in [0.25, 0.3) is 5.91 Å². The van der Waals surface area contributed by atoms with E-state index in [0.29, 0.717) is 24.5 Å². The number of fused-ring (bicyclic) bond motifs is 1. The summed E-state index contributed by atoms with van der Waals surface area (Å²) in [6, 6.07) is 11.1. The van der Waals surface area contributed by atoms with Crippen molar-refractivity contribution in [2.75, 3.05) is 11.4 Å². The topological polar surface area (TPSA) is 73.1 Å². The highest BCUT2D eigenvalue weighted by Crippen LogP contribution is 2.20. The van der Waals surface area contributed by atoms with E-state index in [1.54, 1.807) is 10.7 Å². The highest BCUT2D eigenvalue weighted by Gasteiger charge is 2.29. The lowest BCUT2D eigenvalue weighted by atomic mass is 10.2. The standard InChI is InChI=1S/C18H16FN5O2/c1-12-15(19)10-20-18(21-12)23-7-8-24-16(17(23)25)9-13(22-24)11-26-14-5-3-2-4-6-14/h2-6,9-10H,7-8,11H2,1H3. The average Bonchev–Trinajstić information content (AvgIpc) is 3.08. The quantitative estimate of drug-likeness (QED) is 0.720. The molecule has 0 saturated heterocycles. The molecule has 3 aromatic rings. The van der Waals surface area contributed by atoms with Crippen LogP contribution in [0.5, 0.6) is 5.75 Å². The molecule has 0 N–H and O–H groups in total. The predicted molar refractivity (Wildman–Crippen MR) is 91.4 cm³/mol. The highest BCUT2D eigenvalue weighted by molar-refractivity contribution is 6.04. The normalized spacial score (nSPS) is 13.6. The fraction of sp³-hybridized carbons (Fsp3) is 0.222. The van der Waals surface area contributed by atoms with Gasteiger partial charge in [-0.05, 0) is 25.1 Å². The summed E-state index contributed by atoms with van der Waals surface area (Å²) in [6.07, 6.45) is 1.08. The Balaban J connectivity index is 1.53. The average molecular weight is 353 g/mol. The van der Waals surface area contributed by atoms with Crippen LogP contribution >= 0.6 is 0 Å². The number of para-hydroxylation sites is 1. The summed E-state index contributed by atoms with van der Waals surface area (Å²) < 4.78 is 20.7. The molecule has 26 heavy (non-hydrogen) atoms. The minimum atomic E-state index is -0.497. The van der Waals surface area contributed by atoms with E-state index in [0.717, 1.165) is 11.9 Å². The number of ether oxygens (including phenoxy) is 1. The fourth-order valence-electron chi connectivity index (χ4n) is 2.75. The first-order chi connectivity index (χ1) is 12.6. The van der Waals surface area contributed by atoms with Gasteiger partial charge in [-0.3, -0.25) is 14.4 Å². The van der Waals surface area contributed by atoms with Gasteiger partial charge in [0.15, 0.2) is 5.82 Å². The third kappa shape index (κ3) is 3.01. The van der Waals surface area contributed by atoms with Crippen molar-refractivity contribution >= 4 is 11.9 Å². The number of nitrogens with zero attached hydrogens (tertiary/aromatic N) is 5. The van der Waals surface area contributed by atoms with Crippen LogP contribution in [0.2, 0.25) is 0 Å². The molecule has 0 saturated carbocycles. The maximum absolute atomic E-state index is 13.4. The molecule has 8 heteroatoms. The van der Waals surface area contributed by atoms with E-state index >= 15 is 0 Å². The largest absolute Gasteiger partial charge is 0.487 e. The number of halogens is 1. The first-order valence-electron chi connectivity index (χ1n) is 8.17. The molecule has 0 atom stereocenters. The number of rotatable bonds is 4. The third-order valence-electron chi connectivity index (χ3n) is 4.11. The van der Waals surface area contributed by atoms with Crippen molar-refractivity contribution in [2.45, 2.75) is 20.1 Å². The van der Waals surface area contributed by atoms with E-state index in [4.69, 9.17) is 4.74 Å². The minimum Gasteiger partial charge on any atom is -0.487 e. The van der Waals surface area contributed by atoms with Crippen LogP contribution in [-0.4, -0.2) is 32.2 Å². The van der Waals surface area contributed by atoms with Crippen LogP contribution in [0.25, 0.3) is 0 Å². The van der Waals surface area contributed by atoms with Gasteiger partial charge in [-0.15, -0.1) is 0 Å². The molecule has 0 aliphatic carbocycles. The number of hydrogen-bond acceptors (Lipinski definition) is 5. The number of aryl methyl sites for hydroxylation is 1. The summed E-state index contributed by atoms with van der Waals surface area (Å²) in [5, 5.41) is 4.42. The molecule has 3 heterocycles. The lowest BCUT2D eigenvalue weighted by Gasteiger charge is -2.25. The highest BCUT2D eigenvalue weighted by atomic mass is 19.1. The Bertz CT molecular complexity index is 957. The molecule has 0 fully saturated rings. The molecule has 1 aromatic carbocycles. The van der Waals surface area contributed by atoms with Crippen LogP contribution in [0.1, 0.15) is 21.9 Å². The first kappa shape index (κ1) is 16.2. The zero-order chi connectivity index (χ0) is 18.1. The van der Waals surface area contributed by atoms with Crippen LogP contribution in [0.4, 0.5) is 10.3 Å². The number of aromatic nitrogens is 4. The zero-order valence-corrected chi connectivity index (χ0v) is 14.1. The number of anilines is 1. The molecule has 7 nitrogen and oxygen atoms in total. The summed E-state index contributed by atoms with van der Waals surface area (Å²) in [5.74, 6) is 0.175. The smallest absolute Gasteiger partial charge is 0.278 e. The van der Waals surface area contributed by atoms with Gasteiger partial charge >= 0.3 is 0 Å². The van der Waals surface area contributed by atoms with Crippen LogP contribution < -0.4 is 9.64 Å². The number of carbonyl (C=O) groups excluding carboxylic acids is 1. The van der Waals surface area contributed by atoms with Crippen molar-refractivity contribution in [3.05, 3.63) is 65.5 Å². The summed E-state index contributed by atoms with van der Waals surface area (Å²) in [6.45, 7) is 2.69. The monoisotopic (exact) mass is 353 g/mol. The van der Waals surface area contributed by atoms with E-state index in [1.165, 1.54) is 11.8 Å². The molecule has 4 rings (SSSR count). The van der Waals surface area contributed by atoms with Crippen LogP contribution in [0.15, 0.2) is 42.6 Å². The summed E-state index contributed by atoms with van der Waals surface area (Å²) in [5.41, 5.74) is 1.31. The van der Waals surface area contributed by atoms with Gasteiger partial charge in [0.2, 0.25) is 5.95 Å². The Labute approximate surface area is 149 Å². The zero-order valence-electron chi connectivity index (χ0n) is 14.1. The van der Waals surface area contributed by atoms with E-state index in [9.17, 15) is 9.18 Å². The second-order valence-electron chi connectivity index (χ2n) is 5.91. The van der Waals surface area contributed by atoms with E-state index in [2.05, 4.69) is 15.1 Å². The van der Waals surface area contributed by atoms with Gasteiger partial charge < -0.3 is 4.74 Å². The van der Waals surface area contributed by atoms with Gasteiger partial charge in [-0.1, -0.05) is 18.2 Å². The maximum atomic E-state index is 13.4. The molecule has 2 aromatic heterocycles. The van der Waals surface area contributed by atoms with Crippen molar-refractivity contribution in [1.29, 1.82) is 0 Å². The van der Waals surface area contributed by atoms with Gasteiger partial charge in [0, 0.05) is 6.54 Å². The summed E-state index contributed by atoms with van der Waals surface area (Å²) >= 11 is 0. The number of carbonyl (C=O) groups is 1. The van der Waals surface area contributed by atoms with E-state index in [1.807, 2.05) is 30.3 Å². The summed E-state index contributed by atoms with van der Waals surface area (Å²) in [7, 11) is 0. The molecule has 0 unspecified atom stereocenters. The van der Waals surface area contributed by atoms with Crippen LogP contribution in [0.3, 0.4) is 0 Å². The van der Waals surface area contributed by atoms with Crippen LogP contribution in [-0.2, 0) is 13.2 Å². The van der Waals surface area contributed by atoms with Crippen molar-refractivity contribution < 1.29 is 13.9 Å². The Kier molecular flexibility index (Phi) is 4.08. The predicted octanol–water partition coefficient (Wildman–Crippen LogP) is 2.36. The van der Waals surface area contributed by atoms with Crippen molar-refractivity contribution in [2.24, 2.45) is 0 Å². The van der Waals surface area contributed by atoms with E-state index < -0.39 is 5.82 Å². The fourth-order valence-corrected chi connectivity index (χ4v) is 2.75. The van der Waals surface area contributed by atoms with Gasteiger partial charge in [0.05, 0.1) is 18.4 Å². The number of benzene rings is 1. The molecule has 1 aliphatic heterocycles. The van der Waals surface area contributed by atoms with Crippen molar-refractivity contribution in [3.8, 4) is 5.75 Å². The summed E-state index contributed by atoms with van der Waals surface area (Å²) in [4.78, 5) is 22.2. The van der Waals surface area contributed by atoms with Crippen molar-refractivity contribution in [1.82, 2.24) is 19.7 Å². The lowest BCUT2D eigenvalue weighted by molar-refractivity contribution is 0.0960. The Morgan fingerprint density at radius 1 is 1.23 bits per heavy atom. The van der Waals surface area contributed by atoms with Gasteiger partial charge in [-0.2, -0.15) is 5.10 Å². The molecule has 0 radical (unpaired) electrons. The first-order valence-corrected chi connectivity index (χ1v) is 8.17. The SMILES string of the molecule is Cc1nc(N2CCn3nc(COc4ccccc4)cc3C2=O)ncc1F. The van der Waals surface area contributed by atoms with E-state index in [-0.39, 0.29) is 24.2 Å². The Morgan fingerprint density at radius 3 is 2.81 bits per heavy atom. The Hall–Kier alpha value is -3.29. The van der Waals surface area contributed by atoms with Gasteiger partial charge in [-0.25, -0.2) is 14.4 Å². The second kappa shape index (κ2) is 6.55. The molecule has 1 amide bonds. The molecule has 1 aliphatic rings. The number of hydrogen-bond donors (Lipinski definition) is 0. The molecular formula is C18H16FN5O2. The second-order valence-corrected chi connectivity index (χ2v) is 5.91. The lowest BCUT2D eigenvalue weighted by Crippen LogP contribution is -2.41. The minimum absolute atomic E-state index is 0.198. The number of amides is 1. The van der Waals surface area contributed by atoms with Crippen LogP contribution in [0, 0.1) is 12.7 Å². The molecule has 0 bridgehead atoms. The van der Waals surface area contributed by atoms with Gasteiger partial charge in [0.1, 0.15) is 23.7 Å². The maximum Gasteiger partial charge on any atom is 0.278 e. The third-order valence-corrected chi connectivity index (χ3v) is 4.11. The molecular weight excluding hydrogens is 337 g/mol. The molecule has 132 valence electrons. The van der Waals surface area contributed by atoms with Crippen molar-refractivity contribution in [3.63, 3.8) is 0 Å².